The molecular formula is C106H80B3N5. The van der Waals surface area contributed by atoms with Crippen LogP contribution in [0.5, 0.6) is 0 Å². The molecule has 0 saturated carbocycles. The van der Waals surface area contributed by atoms with E-state index in [1.54, 1.807) is 0 Å². The fraction of sp³-hybridized carbons (Fsp3) is 0.0943. The molecule has 16 aromatic carbocycles. The summed E-state index contributed by atoms with van der Waals surface area (Å²) in [5.41, 5.74) is 41.6. The van der Waals surface area contributed by atoms with Crippen molar-refractivity contribution >= 4 is 169 Å². The van der Waals surface area contributed by atoms with Crippen LogP contribution in [0.3, 0.4) is 0 Å². The van der Waals surface area contributed by atoms with Crippen molar-refractivity contribution in [1.29, 1.82) is 0 Å². The van der Waals surface area contributed by atoms with Gasteiger partial charge in [0, 0.05) is 116 Å². The quantitative estimate of drug-likeness (QED) is 0.155. The summed E-state index contributed by atoms with van der Waals surface area (Å²) in [4.78, 5) is 4.72. The Hall–Kier alpha value is -13.3. The molecule has 0 aliphatic carbocycles. The molecule has 0 spiro atoms. The summed E-state index contributed by atoms with van der Waals surface area (Å²) in [5.74, 6) is 0. The van der Waals surface area contributed by atoms with E-state index in [2.05, 4.69) is 430 Å². The van der Waals surface area contributed by atoms with Gasteiger partial charge in [0.1, 0.15) is 0 Å². The Kier molecular flexibility index (Phi) is 14.4. The van der Waals surface area contributed by atoms with Crippen LogP contribution in [0.2, 0.25) is 0 Å². The van der Waals surface area contributed by atoms with Gasteiger partial charge in [0.25, 0.3) is 0 Å². The number of aryl methyl sites for hydroxylation is 1. The first kappa shape index (κ1) is 66.5. The van der Waals surface area contributed by atoms with Crippen LogP contribution in [0.25, 0.3) is 82.5 Å². The molecule has 6 aliphatic rings. The molecule has 3 aromatic heterocycles. The number of hydrogen-bond acceptors (Lipinski definition) is 2. The first-order chi connectivity index (χ1) is 55.8. The SMILES string of the molecule is CC1(C)c2ccccc2B2c3ccccc3-n3c4cc(N(c5ccccc5)c5ccccc5)ccc4c4ccc1c2c43.CC1(C)c2ccccc2B2c3ccccc3-n3c4ccc(N(c5ccccc5)c5ccccc5)cc4c4ccc1c2c43.Cc1cccc2c1c1ccc3c4c1n2-c1ccccc1B4c1ccccc1C3(C)C. The molecule has 0 fully saturated rings. The van der Waals surface area contributed by atoms with Gasteiger partial charge in [-0.2, -0.15) is 0 Å². The van der Waals surface area contributed by atoms with Gasteiger partial charge in [-0.1, -0.05) is 313 Å². The van der Waals surface area contributed by atoms with Crippen LogP contribution in [0.15, 0.2) is 358 Å². The lowest BCUT2D eigenvalue weighted by atomic mass is 9.30. The lowest BCUT2D eigenvalue weighted by molar-refractivity contribution is 0.646. The van der Waals surface area contributed by atoms with Gasteiger partial charge in [-0.3, -0.25) is 0 Å². The van der Waals surface area contributed by atoms with Gasteiger partial charge in [0.05, 0.1) is 16.6 Å². The second kappa shape index (κ2) is 24.6. The molecule has 0 saturated heterocycles. The average molecular weight is 1460 g/mol. The number of benzene rings is 16. The number of para-hydroxylation sites is 7. The zero-order valence-electron chi connectivity index (χ0n) is 65.0. The summed E-state index contributed by atoms with van der Waals surface area (Å²) in [6, 6.07) is 132. The normalized spacial score (nSPS) is 14.4. The van der Waals surface area contributed by atoms with Crippen molar-refractivity contribution in [1.82, 2.24) is 13.7 Å². The first-order valence-electron chi connectivity index (χ1n) is 40.5. The van der Waals surface area contributed by atoms with Crippen LogP contribution in [-0.2, 0) is 16.2 Å². The molecule has 25 rings (SSSR count). The predicted octanol–water partition coefficient (Wildman–Crippen LogP) is 20.0. The molecule has 8 heteroatoms. The van der Waals surface area contributed by atoms with Gasteiger partial charge in [-0.15, -0.1) is 0 Å². The third kappa shape index (κ3) is 9.22. The minimum atomic E-state index is -0.0766. The van der Waals surface area contributed by atoms with E-state index in [-0.39, 0.29) is 29.7 Å². The molecule has 114 heavy (non-hydrogen) atoms. The highest BCUT2D eigenvalue weighted by atomic mass is 15.2. The fourth-order valence-corrected chi connectivity index (χ4v) is 22.0. The van der Waals surface area contributed by atoms with Crippen molar-refractivity contribution in [2.24, 2.45) is 0 Å². The van der Waals surface area contributed by atoms with Crippen molar-refractivity contribution < 1.29 is 0 Å². The zero-order valence-corrected chi connectivity index (χ0v) is 65.0. The van der Waals surface area contributed by atoms with Gasteiger partial charge in [-0.25, -0.2) is 0 Å². The van der Waals surface area contributed by atoms with Crippen LogP contribution < -0.4 is 59.0 Å². The van der Waals surface area contributed by atoms with E-state index in [9.17, 15) is 0 Å². The summed E-state index contributed by atoms with van der Waals surface area (Å²) in [5, 5.41) is 8.01. The third-order valence-electron chi connectivity index (χ3n) is 26.9. The number of hydrogen-bond donors (Lipinski definition) is 0. The molecule has 5 nitrogen and oxygen atoms in total. The van der Waals surface area contributed by atoms with Gasteiger partial charge in [-0.05, 0) is 182 Å². The molecule has 0 radical (unpaired) electrons. The van der Waals surface area contributed by atoms with E-state index in [1.165, 1.54) is 171 Å². The molecule has 0 unspecified atom stereocenters. The van der Waals surface area contributed by atoms with Gasteiger partial charge in [0.15, 0.2) is 0 Å². The molecule has 0 N–H and O–H groups in total. The monoisotopic (exact) mass is 1460 g/mol. The topological polar surface area (TPSA) is 21.3 Å². The number of nitrogens with zero attached hydrogens (tertiary/aromatic N) is 5. The molecule has 538 valence electrons. The maximum absolute atomic E-state index is 2.55. The summed E-state index contributed by atoms with van der Waals surface area (Å²) in [6.45, 7) is 17.3. The van der Waals surface area contributed by atoms with Gasteiger partial charge >= 0.3 is 0 Å². The van der Waals surface area contributed by atoms with Crippen LogP contribution in [-0.4, -0.2) is 33.8 Å². The molecule has 0 atom stereocenters. The number of aromatic nitrogens is 3. The van der Waals surface area contributed by atoms with Gasteiger partial charge in [0.2, 0.25) is 20.1 Å². The van der Waals surface area contributed by atoms with Crippen LogP contribution in [0.4, 0.5) is 34.1 Å². The Balaban J connectivity index is 0.000000103. The smallest absolute Gasteiger partial charge is 0.247 e. The molecule has 9 heterocycles. The highest BCUT2D eigenvalue weighted by Gasteiger charge is 2.49. The Morgan fingerprint density at radius 2 is 0.553 bits per heavy atom. The second-order valence-corrected chi connectivity index (χ2v) is 33.8. The van der Waals surface area contributed by atoms with E-state index in [0.717, 1.165) is 34.1 Å². The summed E-state index contributed by atoms with van der Waals surface area (Å²) in [6.07, 6.45) is 0. The Morgan fingerprint density at radius 1 is 0.228 bits per heavy atom. The lowest BCUT2D eigenvalue weighted by Crippen LogP contribution is -2.63. The maximum Gasteiger partial charge on any atom is 0.247 e. The van der Waals surface area contributed by atoms with Crippen molar-refractivity contribution in [3.05, 3.63) is 397 Å². The summed E-state index contributed by atoms with van der Waals surface area (Å²) >= 11 is 0. The number of anilines is 6. The van der Waals surface area contributed by atoms with E-state index >= 15 is 0 Å². The Bertz CT molecular complexity index is 7100. The molecular weight excluding hydrogens is 1380 g/mol. The van der Waals surface area contributed by atoms with Crippen molar-refractivity contribution in [2.75, 3.05) is 9.80 Å². The van der Waals surface area contributed by atoms with Crippen LogP contribution in [0.1, 0.15) is 80.5 Å². The van der Waals surface area contributed by atoms with E-state index in [4.69, 9.17) is 0 Å². The average Bonchev–Trinajstić information content (AvgIpc) is 1.42. The molecule has 0 amide bonds. The largest absolute Gasteiger partial charge is 0.310 e. The standard InChI is InChI=1S/2C39H29BN2.C28H22BN/c1-39(2)31-17-9-10-18-33(31)40-34-19-11-12-20-36(34)42-35-24-21-28(25-30(35)29-22-23-32(39)37(40)38(29)42)41(26-13-5-3-6-14-26)27-15-7-4-8-16-27;1-39(2)31-17-9-10-18-33(31)40-34-19-11-12-20-35(34)42-36-25-28(21-22-29(36)30-23-24-32(39)37(40)38(30)42)41(26-13-5-3-6-14-26)27-15-7-4-8-16-27;1-17-9-8-14-24-25(17)18-15-16-20-26-27(18)30(24)23-13-7-6-12-22(23)29(26)21-11-5-4-10-19(21)28(20,2)3/h2*3-25H,1-2H3;4-16H,1-3H3. The molecule has 19 aromatic rings. The minimum Gasteiger partial charge on any atom is -0.310 e. The zero-order chi connectivity index (χ0) is 76.2. The predicted molar refractivity (Wildman–Crippen MR) is 486 cm³/mol. The third-order valence-corrected chi connectivity index (χ3v) is 26.9. The molecule has 0 bridgehead atoms. The van der Waals surface area contributed by atoms with Crippen molar-refractivity contribution in [3.8, 4) is 17.1 Å². The number of rotatable bonds is 6. The number of fused-ring (bicyclic) bond motifs is 24. The Labute approximate surface area is 666 Å². The minimum absolute atomic E-state index is 0.0147. The highest BCUT2D eigenvalue weighted by molar-refractivity contribution is 7.00. The second-order valence-electron chi connectivity index (χ2n) is 33.8. The highest BCUT2D eigenvalue weighted by Crippen LogP contribution is 2.48. The fourth-order valence-electron chi connectivity index (χ4n) is 22.0. The maximum atomic E-state index is 2.55. The first-order valence-corrected chi connectivity index (χ1v) is 40.5. The van der Waals surface area contributed by atoms with Crippen molar-refractivity contribution in [2.45, 2.75) is 64.7 Å². The summed E-state index contributed by atoms with van der Waals surface area (Å²) < 4.78 is 7.63. The van der Waals surface area contributed by atoms with Crippen LogP contribution in [0, 0.1) is 6.92 Å². The summed E-state index contributed by atoms with van der Waals surface area (Å²) in [7, 11) is 0. The van der Waals surface area contributed by atoms with E-state index in [0.29, 0.717) is 6.71 Å². The Morgan fingerprint density at radius 3 is 0.982 bits per heavy atom. The van der Waals surface area contributed by atoms with Crippen molar-refractivity contribution in [3.63, 3.8) is 0 Å². The molecule has 6 aliphatic heterocycles. The van der Waals surface area contributed by atoms with Crippen LogP contribution >= 0.6 is 0 Å². The lowest BCUT2D eigenvalue weighted by Gasteiger charge is -2.41. The van der Waals surface area contributed by atoms with E-state index < -0.39 is 0 Å². The van der Waals surface area contributed by atoms with Gasteiger partial charge < -0.3 is 23.5 Å². The van der Waals surface area contributed by atoms with E-state index in [1.807, 2.05) is 0 Å².